The lowest BCUT2D eigenvalue weighted by atomic mass is 10.0. The normalized spacial score (nSPS) is 17.5. The van der Waals surface area contributed by atoms with Crippen LogP contribution < -0.4 is 16.4 Å². The van der Waals surface area contributed by atoms with E-state index in [0.717, 1.165) is 11.6 Å². The van der Waals surface area contributed by atoms with Crippen LogP contribution in [-0.2, 0) is 0 Å². The molecule has 4 nitrogen and oxygen atoms in total. The van der Waals surface area contributed by atoms with Gasteiger partial charge in [-0.15, -0.1) is 0 Å². The Hall–Kier alpha value is -1.55. The molecule has 1 aromatic carbocycles. The van der Waals surface area contributed by atoms with Gasteiger partial charge in [-0.25, -0.2) is 4.79 Å². The zero-order chi connectivity index (χ0) is 14.5. The van der Waals surface area contributed by atoms with Crippen molar-refractivity contribution < 1.29 is 4.79 Å². The van der Waals surface area contributed by atoms with Crippen LogP contribution in [0.5, 0.6) is 0 Å². The van der Waals surface area contributed by atoms with Crippen molar-refractivity contribution >= 4 is 11.7 Å². The van der Waals surface area contributed by atoms with Gasteiger partial charge in [0.25, 0.3) is 0 Å². The second-order valence-corrected chi connectivity index (χ2v) is 5.78. The van der Waals surface area contributed by atoms with Gasteiger partial charge in [0.2, 0.25) is 0 Å². The molecule has 1 aromatic rings. The fraction of sp³-hybridized carbons (Fsp3) is 0.562. The Kier molecular flexibility index (Phi) is 5.01. The van der Waals surface area contributed by atoms with Gasteiger partial charge in [-0.2, -0.15) is 0 Å². The van der Waals surface area contributed by atoms with Crippen molar-refractivity contribution in [3.8, 4) is 0 Å². The number of carbonyl (C=O) groups is 1. The van der Waals surface area contributed by atoms with Crippen LogP contribution in [0.2, 0.25) is 0 Å². The summed E-state index contributed by atoms with van der Waals surface area (Å²) in [6, 6.07) is 8.24. The Balaban J connectivity index is 1.90. The lowest BCUT2D eigenvalue weighted by Gasteiger charge is -2.22. The molecule has 0 bridgehead atoms. The molecule has 0 spiro atoms. The van der Waals surface area contributed by atoms with E-state index in [-0.39, 0.29) is 0 Å². The number of amides is 2. The highest BCUT2D eigenvalue weighted by molar-refractivity contribution is 5.87. The number of carbonyl (C=O) groups excluding carboxylic acids is 1. The van der Waals surface area contributed by atoms with Gasteiger partial charge in [0.15, 0.2) is 0 Å². The molecule has 0 aliphatic heterocycles. The molecule has 0 heterocycles. The van der Waals surface area contributed by atoms with Crippen molar-refractivity contribution in [1.29, 1.82) is 0 Å². The van der Waals surface area contributed by atoms with Crippen molar-refractivity contribution in [2.24, 2.45) is 11.7 Å². The number of hydrogen-bond acceptors (Lipinski definition) is 2. The first kappa shape index (κ1) is 14.9. The first-order valence-electron chi connectivity index (χ1n) is 7.51. The third kappa shape index (κ3) is 4.53. The molecule has 20 heavy (non-hydrogen) atoms. The van der Waals surface area contributed by atoms with Crippen LogP contribution in [0.25, 0.3) is 0 Å². The van der Waals surface area contributed by atoms with Crippen LogP contribution in [0, 0.1) is 5.92 Å². The molecule has 110 valence electrons. The Bertz CT molecular complexity index is 440. The van der Waals surface area contributed by atoms with E-state index in [1.54, 1.807) is 0 Å². The fourth-order valence-electron chi connectivity index (χ4n) is 2.56. The van der Waals surface area contributed by atoms with E-state index in [0.29, 0.717) is 12.1 Å². The second kappa shape index (κ2) is 6.75. The van der Waals surface area contributed by atoms with Crippen LogP contribution in [0.1, 0.15) is 51.1 Å². The summed E-state index contributed by atoms with van der Waals surface area (Å²) < 4.78 is 0. The van der Waals surface area contributed by atoms with E-state index in [1.807, 2.05) is 24.3 Å². The maximum Gasteiger partial charge on any atom is 0.316 e. The van der Waals surface area contributed by atoms with E-state index in [1.165, 1.54) is 31.2 Å². The van der Waals surface area contributed by atoms with Crippen LogP contribution in [0.15, 0.2) is 24.3 Å². The summed E-state index contributed by atoms with van der Waals surface area (Å²) in [5, 5.41) is 6.28. The Labute approximate surface area is 121 Å². The van der Waals surface area contributed by atoms with Crippen LogP contribution >= 0.6 is 0 Å². The predicted molar refractivity (Wildman–Crippen MR) is 82.6 cm³/mol. The monoisotopic (exact) mass is 275 g/mol. The molecule has 1 aliphatic carbocycles. The van der Waals surface area contributed by atoms with Gasteiger partial charge in [0.05, 0.1) is 0 Å². The van der Waals surface area contributed by atoms with E-state index in [9.17, 15) is 4.79 Å². The largest absolute Gasteiger partial charge is 0.351 e. The van der Waals surface area contributed by atoms with Gasteiger partial charge >= 0.3 is 6.03 Å². The van der Waals surface area contributed by atoms with Crippen molar-refractivity contribution in [3.63, 3.8) is 0 Å². The molecular formula is C16H25N3O. The van der Waals surface area contributed by atoms with E-state index < -0.39 is 6.03 Å². The van der Waals surface area contributed by atoms with Crippen LogP contribution in [0.3, 0.4) is 0 Å². The van der Waals surface area contributed by atoms with E-state index >= 15 is 0 Å². The highest BCUT2D eigenvalue weighted by Crippen LogP contribution is 2.34. The smallest absolute Gasteiger partial charge is 0.316 e. The zero-order valence-electron chi connectivity index (χ0n) is 12.4. The molecule has 4 N–H and O–H groups in total. The lowest BCUT2D eigenvalue weighted by molar-refractivity contribution is 0.259. The number of primary amides is 1. The molecule has 2 rings (SSSR count). The molecular weight excluding hydrogens is 250 g/mol. The number of nitrogens with one attached hydrogen (secondary N) is 2. The first-order chi connectivity index (χ1) is 9.58. The zero-order valence-corrected chi connectivity index (χ0v) is 12.4. The quantitative estimate of drug-likeness (QED) is 0.714. The topological polar surface area (TPSA) is 67.2 Å². The number of urea groups is 1. The maximum absolute atomic E-state index is 10.8. The average Bonchev–Trinajstić information content (AvgIpc) is 3.22. The summed E-state index contributed by atoms with van der Waals surface area (Å²) in [6.45, 7) is 4.43. The number of benzene rings is 1. The molecule has 2 atom stereocenters. The van der Waals surface area contributed by atoms with Crippen molar-refractivity contribution in [3.05, 3.63) is 29.8 Å². The third-order valence-electron chi connectivity index (χ3n) is 3.97. The maximum atomic E-state index is 10.8. The van der Waals surface area contributed by atoms with E-state index in [2.05, 4.69) is 24.5 Å². The van der Waals surface area contributed by atoms with Gasteiger partial charge in [0, 0.05) is 17.8 Å². The van der Waals surface area contributed by atoms with Gasteiger partial charge in [-0.3, -0.25) is 0 Å². The van der Waals surface area contributed by atoms with Crippen LogP contribution in [0.4, 0.5) is 10.5 Å². The van der Waals surface area contributed by atoms with Crippen molar-refractivity contribution in [2.75, 3.05) is 5.32 Å². The highest BCUT2D eigenvalue weighted by atomic mass is 16.2. The Morgan fingerprint density at radius 3 is 2.50 bits per heavy atom. The fourth-order valence-corrected chi connectivity index (χ4v) is 2.56. The second-order valence-electron chi connectivity index (χ2n) is 5.78. The van der Waals surface area contributed by atoms with Gasteiger partial charge in [-0.05, 0) is 43.4 Å². The molecule has 2 amide bonds. The van der Waals surface area contributed by atoms with E-state index in [4.69, 9.17) is 5.73 Å². The van der Waals surface area contributed by atoms with Crippen molar-refractivity contribution in [2.45, 2.75) is 51.6 Å². The summed E-state index contributed by atoms with van der Waals surface area (Å²) in [5.74, 6) is 0.946. The van der Waals surface area contributed by atoms with Gasteiger partial charge < -0.3 is 16.4 Å². The Morgan fingerprint density at radius 2 is 2.00 bits per heavy atom. The number of rotatable bonds is 7. The summed E-state index contributed by atoms with van der Waals surface area (Å²) in [7, 11) is 0. The molecule has 2 unspecified atom stereocenters. The molecule has 0 radical (unpaired) electrons. The average molecular weight is 275 g/mol. The molecule has 1 aliphatic rings. The van der Waals surface area contributed by atoms with Gasteiger partial charge in [0.1, 0.15) is 0 Å². The van der Waals surface area contributed by atoms with Crippen LogP contribution in [-0.4, -0.2) is 12.1 Å². The molecule has 1 saturated carbocycles. The summed E-state index contributed by atoms with van der Waals surface area (Å²) in [4.78, 5) is 10.8. The predicted octanol–water partition coefficient (Wildman–Crippen LogP) is 3.41. The van der Waals surface area contributed by atoms with Gasteiger partial charge in [-0.1, -0.05) is 31.9 Å². The summed E-state index contributed by atoms with van der Waals surface area (Å²) in [5.41, 5.74) is 7.06. The lowest BCUT2D eigenvalue weighted by Crippen LogP contribution is -2.31. The minimum absolute atomic E-state index is 0.321. The number of nitrogens with two attached hydrogens (primary N) is 1. The molecule has 0 aromatic heterocycles. The SMILES string of the molecule is CCC(CC1CC1)NC(C)c1ccc(NC(N)=O)cc1. The summed E-state index contributed by atoms with van der Waals surface area (Å²) in [6.07, 6.45) is 5.27. The number of hydrogen-bond donors (Lipinski definition) is 3. The standard InChI is InChI=1S/C16H25N3O/c1-3-14(10-12-4-5-12)18-11(2)13-6-8-15(9-7-13)19-16(17)20/h6-9,11-12,14,18H,3-5,10H2,1-2H3,(H3,17,19,20). The summed E-state index contributed by atoms with van der Waals surface area (Å²) >= 11 is 0. The Morgan fingerprint density at radius 1 is 1.35 bits per heavy atom. The first-order valence-corrected chi connectivity index (χ1v) is 7.51. The molecule has 1 fully saturated rings. The molecule has 0 saturated heterocycles. The third-order valence-corrected chi connectivity index (χ3v) is 3.97. The number of anilines is 1. The molecule has 4 heteroatoms. The van der Waals surface area contributed by atoms with Crippen molar-refractivity contribution in [1.82, 2.24) is 5.32 Å². The minimum Gasteiger partial charge on any atom is -0.351 e. The minimum atomic E-state index is -0.528. The highest BCUT2D eigenvalue weighted by Gasteiger charge is 2.25.